The molecule has 2 unspecified atom stereocenters. The lowest BCUT2D eigenvalue weighted by atomic mass is 9.86. The van der Waals surface area contributed by atoms with E-state index in [1.165, 1.54) is 25.0 Å². The number of nitro benzene ring substituents is 1. The zero-order valence-electron chi connectivity index (χ0n) is 11.9. The van der Waals surface area contributed by atoms with Crippen LogP contribution in [0.2, 0.25) is 0 Å². The molecule has 0 heterocycles. The molecule has 0 radical (unpaired) electrons. The Morgan fingerprint density at radius 1 is 1.45 bits per heavy atom. The van der Waals surface area contributed by atoms with Gasteiger partial charge in [0, 0.05) is 25.2 Å². The van der Waals surface area contributed by atoms with Crippen LogP contribution in [0.25, 0.3) is 0 Å². The lowest BCUT2D eigenvalue weighted by Gasteiger charge is -2.36. The van der Waals surface area contributed by atoms with Gasteiger partial charge < -0.3 is 4.90 Å². The summed E-state index contributed by atoms with van der Waals surface area (Å²) >= 11 is 0. The number of nitro groups is 1. The molecule has 0 bridgehead atoms. The highest BCUT2D eigenvalue weighted by Gasteiger charge is 2.24. The summed E-state index contributed by atoms with van der Waals surface area (Å²) in [6, 6.07) is 7.01. The number of anilines is 1. The number of benzene rings is 1. The van der Waals surface area contributed by atoms with Crippen LogP contribution in [0, 0.1) is 27.4 Å². The van der Waals surface area contributed by atoms with Crippen molar-refractivity contribution in [3.63, 3.8) is 0 Å². The van der Waals surface area contributed by atoms with Gasteiger partial charge in [0.1, 0.15) is 6.07 Å². The first-order chi connectivity index (χ1) is 9.52. The third-order valence-corrected chi connectivity index (χ3v) is 4.15. The molecule has 1 aliphatic rings. The number of nitriles is 1. The fraction of sp³-hybridized carbons (Fsp3) is 0.533. The van der Waals surface area contributed by atoms with E-state index in [2.05, 4.69) is 17.9 Å². The molecule has 0 aromatic heterocycles. The Hall–Kier alpha value is -2.09. The molecule has 0 spiro atoms. The van der Waals surface area contributed by atoms with Crippen LogP contribution in [-0.4, -0.2) is 18.0 Å². The van der Waals surface area contributed by atoms with Crippen LogP contribution in [0.4, 0.5) is 11.4 Å². The van der Waals surface area contributed by atoms with Crippen LogP contribution in [-0.2, 0) is 0 Å². The van der Waals surface area contributed by atoms with Crippen LogP contribution in [0.5, 0.6) is 0 Å². The minimum absolute atomic E-state index is 0.0317. The van der Waals surface area contributed by atoms with E-state index in [1.54, 1.807) is 6.07 Å². The first-order valence-electron chi connectivity index (χ1n) is 6.94. The van der Waals surface area contributed by atoms with Crippen LogP contribution < -0.4 is 4.90 Å². The average molecular weight is 273 g/mol. The Morgan fingerprint density at radius 3 is 2.80 bits per heavy atom. The molecule has 5 heteroatoms. The molecule has 1 aliphatic carbocycles. The van der Waals surface area contributed by atoms with Crippen LogP contribution in [0.15, 0.2) is 18.2 Å². The smallest absolute Gasteiger partial charge is 0.270 e. The van der Waals surface area contributed by atoms with Crippen molar-refractivity contribution in [2.45, 2.75) is 38.6 Å². The van der Waals surface area contributed by atoms with Gasteiger partial charge in [-0.2, -0.15) is 5.26 Å². The molecule has 1 aromatic carbocycles. The van der Waals surface area contributed by atoms with Crippen molar-refractivity contribution in [1.29, 1.82) is 5.26 Å². The van der Waals surface area contributed by atoms with Gasteiger partial charge in [0.2, 0.25) is 0 Å². The van der Waals surface area contributed by atoms with E-state index >= 15 is 0 Å². The Labute approximate surface area is 119 Å². The molecule has 0 N–H and O–H groups in total. The number of hydrogen-bond acceptors (Lipinski definition) is 4. The summed E-state index contributed by atoms with van der Waals surface area (Å²) in [5.41, 5.74) is 1.13. The maximum absolute atomic E-state index is 10.8. The van der Waals surface area contributed by atoms with Gasteiger partial charge in [-0.05, 0) is 24.8 Å². The van der Waals surface area contributed by atoms with E-state index in [-0.39, 0.29) is 5.69 Å². The maximum atomic E-state index is 10.8. The molecule has 0 saturated heterocycles. The summed E-state index contributed by atoms with van der Waals surface area (Å²) in [7, 11) is 1.98. The normalized spacial score (nSPS) is 22.1. The quantitative estimate of drug-likeness (QED) is 0.624. The first-order valence-corrected chi connectivity index (χ1v) is 6.94. The molecule has 0 amide bonds. The Balaban J connectivity index is 2.27. The molecular weight excluding hydrogens is 254 g/mol. The molecule has 106 valence electrons. The van der Waals surface area contributed by atoms with Gasteiger partial charge in [0.15, 0.2) is 0 Å². The lowest BCUT2D eigenvalue weighted by Crippen LogP contribution is -2.36. The maximum Gasteiger partial charge on any atom is 0.270 e. The van der Waals surface area contributed by atoms with E-state index in [4.69, 9.17) is 0 Å². The van der Waals surface area contributed by atoms with Crippen LogP contribution in [0.1, 0.15) is 38.2 Å². The molecule has 0 aliphatic heterocycles. The third kappa shape index (κ3) is 2.90. The van der Waals surface area contributed by atoms with Crippen molar-refractivity contribution in [3.8, 4) is 6.07 Å². The first kappa shape index (κ1) is 14.3. The van der Waals surface area contributed by atoms with Crippen molar-refractivity contribution in [2.24, 2.45) is 5.92 Å². The standard InChI is InChI=1S/C15H19N3O2/c1-11-4-3-5-13(8-11)17(2)15-7-6-14(18(19)20)9-12(15)10-16/h6-7,9,11,13H,3-5,8H2,1-2H3. The van der Waals surface area contributed by atoms with Gasteiger partial charge in [-0.15, -0.1) is 0 Å². The Morgan fingerprint density at radius 2 is 2.20 bits per heavy atom. The van der Waals surface area contributed by atoms with Crippen molar-refractivity contribution in [2.75, 3.05) is 11.9 Å². The fourth-order valence-corrected chi connectivity index (χ4v) is 2.99. The van der Waals surface area contributed by atoms with Gasteiger partial charge in [0.25, 0.3) is 5.69 Å². The summed E-state index contributed by atoms with van der Waals surface area (Å²) < 4.78 is 0. The topological polar surface area (TPSA) is 70.2 Å². The average Bonchev–Trinajstić information content (AvgIpc) is 2.45. The summed E-state index contributed by atoms with van der Waals surface area (Å²) in [6.07, 6.45) is 4.68. The van der Waals surface area contributed by atoms with Crippen molar-refractivity contribution in [1.82, 2.24) is 0 Å². The monoisotopic (exact) mass is 273 g/mol. The van der Waals surface area contributed by atoms with Gasteiger partial charge in [0.05, 0.1) is 16.2 Å². The molecule has 1 fully saturated rings. The number of hydrogen-bond donors (Lipinski definition) is 0. The summed E-state index contributed by atoms with van der Waals surface area (Å²) in [5.74, 6) is 0.694. The van der Waals surface area contributed by atoms with Crippen molar-refractivity contribution >= 4 is 11.4 Å². The molecule has 2 rings (SSSR count). The summed E-state index contributed by atoms with van der Waals surface area (Å²) in [4.78, 5) is 12.4. The molecule has 2 atom stereocenters. The number of nitrogens with zero attached hydrogens (tertiary/aromatic N) is 3. The molecule has 1 aromatic rings. The van der Waals surface area contributed by atoms with Gasteiger partial charge in [-0.3, -0.25) is 10.1 Å². The Kier molecular flexibility index (Phi) is 4.23. The molecule has 1 saturated carbocycles. The molecule has 5 nitrogen and oxygen atoms in total. The van der Waals surface area contributed by atoms with E-state index in [1.807, 2.05) is 7.05 Å². The highest BCUT2D eigenvalue weighted by atomic mass is 16.6. The molecular formula is C15H19N3O2. The fourth-order valence-electron chi connectivity index (χ4n) is 2.99. The minimum atomic E-state index is -0.465. The van der Waals surface area contributed by atoms with E-state index in [0.29, 0.717) is 17.5 Å². The third-order valence-electron chi connectivity index (χ3n) is 4.15. The van der Waals surface area contributed by atoms with E-state index < -0.39 is 4.92 Å². The highest BCUT2D eigenvalue weighted by molar-refractivity contribution is 5.63. The largest absolute Gasteiger partial charge is 0.371 e. The SMILES string of the molecule is CC1CCCC(N(C)c2ccc([N+](=O)[O-])cc2C#N)C1. The zero-order chi connectivity index (χ0) is 14.7. The molecule has 20 heavy (non-hydrogen) atoms. The summed E-state index contributed by atoms with van der Waals surface area (Å²) in [5, 5.41) is 20.0. The van der Waals surface area contributed by atoms with E-state index in [0.717, 1.165) is 18.5 Å². The predicted molar refractivity (Wildman–Crippen MR) is 77.6 cm³/mol. The highest BCUT2D eigenvalue weighted by Crippen LogP contribution is 2.32. The Bertz CT molecular complexity index is 551. The number of rotatable bonds is 3. The number of non-ortho nitro benzene ring substituents is 1. The van der Waals surface area contributed by atoms with E-state index in [9.17, 15) is 15.4 Å². The lowest BCUT2D eigenvalue weighted by molar-refractivity contribution is -0.384. The zero-order valence-corrected chi connectivity index (χ0v) is 11.9. The van der Waals surface area contributed by atoms with Crippen molar-refractivity contribution in [3.05, 3.63) is 33.9 Å². The van der Waals surface area contributed by atoms with Gasteiger partial charge in [-0.1, -0.05) is 19.8 Å². The predicted octanol–water partition coefficient (Wildman–Crippen LogP) is 3.48. The van der Waals surface area contributed by atoms with Crippen LogP contribution >= 0.6 is 0 Å². The minimum Gasteiger partial charge on any atom is -0.371 e. The van der Waals surface area contributed by atoms with Gasteiger partial charge >= 0.3 is 0 Å². The summed E-state index contributed by atoms with van der Waals surface area (Å²) in [6.45, 7) is 2.25. The second-order valence-electron chi connectivity index (χ2n) is 5.61. The second kappa shape index (κ2) is 5.91. The van der Waals surface area contributed by atoms with Crippen molar-refractivity contribution < 1.29 is 4.92 Å². The van der Waals surface area contributed by atoms with Gasteiger partial charge in [-0.25, -0.2) is 0 Å². The van der Waals surface area contributed by atoms with Crippen LogP contribution in [0.3, 0.4) is 0 Å². The second-order valence-corrected chi connectivity index (χ2v) is 5.61.